The lowest BCUT2D eigenvalue weighted by Crippen LogP contribution is -2.24. The maximum absolute atomic E-state index is 14.1. The van der Waals surface area contributed by atoms with Gasteiger partial charge in [-0.2, -0.15) is 0 Å². The van der Waals surface area contributed by atoms with Gasteiger partial charge in [-0.15, -0.1) is 0 Å². The first-order valence-corrected chi connectivity index (χ1v) is 6.81. The molecule has 0 fully saturated rings. The Bertz CT molecular complexity index is 664. The lowest BCUT2D eigenvalue weighted by Gasteiger charge is -2.20. The highest BCUT2D eigenvalue weighted by Crippen LogP contribution is 2.33. The van der Waals surface area contributed by atoms with Crippen molar-refractivity contribution in [3.63, 3.8) is 0 Å². The van der Waals surface area contributed by atoms with Crippen molar-refractivity contribution in [1.82, 2.24) is 5.32 Å². The van der Waals surface area contributed by atoms with Crippen molar-refractivity contribution in [2.75, 3.05) is 6.54 Å². The smallest absolute Gasteiger partial charge is 0.161 e. The molecule has 2 rings (SSSR count). The number of hydrogen-bond donors (Lipinski definition) is 1. The normalized spacial score (nSPS) is 12.7. The summed E-state index contributed by atoms with van der Waals surface area (Å²) in [5, 5.41) is 3.11. The van der Waals surface area contributed by atoms with Crippen LogP contribution in [0.2, 0.25) is 0 Å². The molecule has 1 aromatic heterocycles. The average Bonchev–Trinajstić information content (AvgIpc) is 2.66. The average molecular weight is 297 g/mol. The Labute approximate surface area is 122 Å². The van der Waals surface area contributed by atoms with Crippen LogP contribution in [0.4, 0.5) is 13.2 Å². The molecule has 0 saturated heterocycles. The van der Waals surface area contributed by atoms with Gasteiger partial charge in [-0.1, -0.05) is 6.92 Å². The molecule has 1 unspecified atom stereocenters. The fraction of sp³-hybridized carbons (Fsp3) is 0.375. The van der Waals surface area contributed by atoms with E-state index in [2.05, 4.69) is 5.32 Å². The molecule has 1 N–H and O–H groups in total. The Morgan fingerprint density at radius 2 is 1.62 bits per heavy atom. The highest BCUT2D eigenvalue weighted by Gasteiger charge is 2.25. The molecule has 0 aliphatic heterocycles. The number of nitrogens with one attached hydrogen (secondary N) is 1. The second kappa shape index (κ2) is 5.93. The van der Waals surface area contributed by atoms with Crippen molar-refractivity contribution in [2.45, 2.75) is 33.7 Å². The first-order valence-electron chi connectivity index (χ1n) is 6.81. The van der Waals surface area contributed by atoms with E-state index in [9.17, 15) is 13.2 Å². The van der Waals surface area contributed by atoms with Gasteiger partial charge in [-0.25, -0.2) is 13.2 Å². The Morgan fingerprint density at radius 3 is 2.14 bits per heavy atom. The van der Waals surface area contributed by atoms with E-state index in [1.54, 1.807) is 6.92 Å². The largest absolute Gasteiger partial charge is 0.466 e. The quantitative estimate of drug-likeness (QED) is 0.850. The Kier molecular flexibility index (Phi) is 4.42. The van der Waals surface area contributed by atoms with E-state index < -0.39 is 23.5 Å². The van der Waals surface area contributed by atoms with Gasteiger partial charge in [0.05, 0.1) is 6.04 Å². The lowest BCUT2D eigenvalue weighted by atomic mass is 9.94. The van der Waals surface area contributed by atoms with Gasteiger partial charge < -0.3 is 9.73 Å². The number of furan rings is 1. The molecule has 2 nitrogen and oxygen atoms in total. The zero-order chi connectivity index (χ0) is 15.7. The van der Waals surface area contributed by atoms with Crippen molar-refractivity contribution in [3.8, 4) is 0 Å². The molecule has 5 heteroatoms. The molecule has 1 aromatic carbocycles. The molecule has 0 aliphatic carbocycles. The Balaban J connectivity index is 2.61. The summed E-state index contributed by atoms with van der Waals surface area (Å²) in [6.07, 6.45) is 0. The van der Waals surface area contributed by atoms with Crippen LogP contribution >= 0.6 is 0 Å². The molecule has 21 heavy (non-hydrogen) atoms. The minimum atomic E-state index is -1.19. The third kappa shape index (κ3) is 2.83. The lowest BCUT2D eigenvalue weighted by molar-refractivity contribution is 0.475. The van der Waals surface area contributed by atoms with Gasteiger partial charge >= 0.3 is 0 Å². The standard InChI is InChI=1S/C16H18F3NO/c1-5-20-16(15-8(2)9(3)21-10(15)4)11-6-13(18)14(19)7-12(11)17/h6-7,16,20H,5H2,1-4H3. The van der Waals surface area contributed by atoms with Gasteiger partial charge in [0.1, 0.15) is 17.3 Å². The third-order valence-electron chi connectivity index (χ3n) is 3.67. The molecule has 1 atom stereocenters. The monoisotopic (exact) mass is 297 g/mol. The fourth-order valence-electron chi connectivity index (χ4n) is 2.57. The predicted molar refractivity (Wildman–Crippen MR) is 74.8 cm³/mol. The van der Waals surface area contributed by atoms with Crippen LogP contribution in [-0.4, -0.2) is 6.54 Å². The molecule has 114 valence electrons. The molecular formula is C16H18F3NO. The topological polar surface area (TPSA) is 25.2 Å². The maximum Gasteiger partial charge on any atom is 0.161 e. The zero-order valence-corrected chi connectivity index (χ0v) is 12.5. The van der Waals surface area contributed by atoms with Gasteiger partial charge in [0.2, 0.25) is 0 Å². The van der Waals surface area contributed by atoms with Crippen LogP contribution in [0.5, 0.6) is 0 Å². The van der Waals surface area contributed by atoms with Crippen molar-refractivity contribution in [2.24, 2.45) is 0 Å². The summed E-state index contributed by atoms with van der Waals surface area (Å²) in [5.74, 6) is -1.67. The molecular weight excluding hydrogens is 279 g/mol. The number of hydrogen-bond acceptors (Lipinski definition) is 2. The second-order valence-electron chi connectivity index (χ2n) is 5.03. The molecule has 0 aliphatic rings. The van der Waals surface area contributed by atoms with Crippen molar-refractivity contribution >= 4 is 0 Å². The van der Waals surface area contributed by atoms with Crippen LogP contribution in [0.1, 0.15) is 41.2 Å². The SMILES string of the molecule is CCNC(c1cc(F)c(F)cc1F)c1c(C)oc(C)c1C. The first kappa shape index (κ1) is 15.6. The number of benzene rings is 1. The molecule has 0 saturated carbocycles. The van der Waals surface area contributed by atoms with E-state index in [0.29, 0.717) is 18.4 Å². The van der Waals surface area contributed by atoms with E-state index in [0.717, 1.165) is 23.0 Å². The van der Waals surface area contributed by atoms with E-state index in [4.69, 9.17) is 4.42 Å². The van der Waals surface area contributed by atoms with Crippen molar-refractivity contribution in [1.29, 1.82) is 0 Å². The van der Waals surface area contributed by atoms with Crippen LogP contribution in [0, 0.1) is 38.2 Å². The highest BCUT2D eigenvalue weighted by molar-refractivity contribution is 5.41. The summed E-state index contributed by atoms with van der Waals surface area (Å²) in [7, 11) is 0. The zero-order valence-electron chi connectivity index (χ0n) is 12.5. The molecule has 0 amide bonds. The third-order valence-corrected chi connectivity index (χ3v) is 3.67. The summed E-state index contributed by atoms with van der Waals surface area (Å²) in [5.41, 5.74) is 1.71. The van der Waals surface area contributed by atoms with Gasteiger partial charge in [0.25, 0.3) is 0 Å². The number of rotatable bonds is 4. The van der Waals surface area contributed by atoms with E-state index >= 15 is 0 Å². The van der Waals surface area contributed by atoms with Crippen LogP contribution in [0.15, 0.2) is 16.5 Å². The van der Waals surface area contributed by atoms with Crippen LogP contribution < -0.4 is 5.32 Å². The van der Waals surface area contributed by atoms with Crippen LogP contribution in [0.25, 0.3) is 0 Å². The van der Waals surface area contributed by atoms with Gasteiger partial charge in [0, 0.05) is 17.2 Å². The molecule has 0 bridgehead atoms. The molecule has 0 spiro atoms. The second-order valence-corrected chi connectivity index (χ2v) is 5.03. The first-order chi connectivity index (χ1) is 9.86. The highest BCUT2D eigenvalue weighted by atomic mass is 19.2. The number of aryl methyl sites for hydroxylation is 2. The van der Waals surface area contributed by atoms with Gasteiger partial charge in [-0.05, 0) is 38.9 Å². The van der Waals surface area contributed by atoms with E-state index in [-0.39, 0.29) is 5.56 Å². The van der Waals surface area contributed by atoms with E-state index in [1.807, 2.05) is 20.8 Å². The van der Waals surface area contributed by atoms with Crippen molar-refractivity contribution in [3.05, 3.63) is 57.8 Å². The Hall–Kier alpha value is -1.75. The van der Waals surface area contributed by atoms with Gasteiger partial charge in [0.15, 0.2) is 11.6 Å². The van der Waals surface area contributed by atoms with E-state index in [1.165, 1.54) is 0 Å². The summed E-state index contributed by atoms with van der Waals surface area (Å²) < 4.78 is 46.2. The summed E-state index contributed by atoms with van der Waals surface area (Å²) in [4.78, 5) is 0. The molecule has 0 radical (unpaired) electrons. The predicted octanol–water partition coefficient (Wildman–Crippen LogP) is 4.32. The summed E-state index contributed by atoms with van der Waals surface area (Å²) >= 11 is 0. The van der Waals surface area contributed by atoms with Crippen LogP contribution in [0.3, 0.4) is 0 Å². The molecule has 1 heterocycles. The summed E-state index contributed by atoms with van der Waals surface area (Å²) in [6, 6.07) is 0.897. The Morgan fingerprint density at radius 1 is 1.00 bits per heavy atom. The number of halogens is 3. The van der Waals surface area contributed by atoms with Crippen LogP contribution in [-0.2, 0) is 0 Å². The fourth-order valence-corrected chi connectivity index (χ4v) is 2.57. The maximum atomic E-state index is 14.1. The van der Waals surface area contributed by atoms with Crippen molar-refractivity contribution < 1.29 is 17.6 Å². The van der Waals surface area contributed by atoms with Gasteiger partial charge in [-0.3, -0.25) is 0 Å². The minimum absolute atomic E-state index is 0.0720. The molecule has 2 aromatic rings. The minimum Gasteiger partial charge on any atom is -0.466 e. The summed E-state index contributed by atoms with van der Waals surface area (Å²) in [6.45, 7) is 7.87.